The quantitative estimate of drug-likeness (QED) is 0.367. The number of rotatable bonds is 8. The van der Waals surface area contributed by atoms with Crippen molar-refractivity contribution in [1.29, 1.82) is 0 Å². The molecule has 0 aliphatic rings. The summed E-state index contributed by atoms with van der Waals surface area (Å²) in [5, 5.41) is 9.45. The van der Waals surface area contributed by atoms with Gasteiger partial charge in [0.1, 0.15) is 5.60 Å². The molecule has 7 heteroatoms. The van der Waals surface area contributed by atoms with Crippen molar-refractivity contribution in [3.8, 4) is 0 Å². The number of ether oxygens (including phenoxy) is 1. The first-order valence-corrected chi connectivity index (χ1v) is 10.3. The van der Waals surface area contributed by atoms with Crippen molar-refractivity contribution >= 4 is 23.8 Å². The van der Waals surface area contributed by atoms with Gasteiger partial charge in [0.25, 0.3) is 0 Å². The largest absolute Gasteiger partial charge is 0.444 e. The highest BCUT2D eigenvalue weighted by atomic mass is 32.2. The molecule has 0 saturated carbocycles. The molecule has 1 aromatic rings. The Balaban J connectivity index is 2.83. The summed E-state index contributed by atoms with van der Waals surface area (Å²) in [5.41, 5.74) is 0.449. The van der Waals surface area contributed by atoms with E-state index in [0.29, 0.717) is 6.54 Å². The van der Waals surface area contributed by atoms with Gasteiger partial charge < -0.3 is 20.7 Å². The van der Waals surface area contributed by atoms with Crippen LogP contribution in [0.1, 0.15) is 39.3 Å². The van der Waals surface area contributed by atoms with Crippen LogP contribution in [0.25, 0.3) is 0 Å². The van der Waals surface area contributed by atoms with Crippen LogP contribution in [0.3, 0.4) is 0 Å². The van der Waals surface area contributed by atoms with E-state index in [-0.39, 0.29) is 6.04 Å². The highest BCUT2D eigenvalue weighted by molar-refractivity contribution is 7.98. The number of amides is 1. The van der Waals surface area contributed by atoms with Gasteiger partial charge in [-0.25, -0.2) is 4.79 Å². The normalized spacial score (nSPS) is 13.0. The van der Waals surface area contributed by atoms with Crippen LogP contribution in [-0.2, 0) is 4.74 Å². The van der Waals surface area contributed by atoms with E-state index in [1.54, 1.807) is 11.8 Å². The summed E-state index contributed by atoms with van der Waals surface area (Å²) in [6.45, 7) is 9.60. The van der Waals surface area contributed by atoms with E-state index in [0.717, 1.165) is 30.4 Å². The molecule has 1 atom stereocenters. The monoisotopic (exact) mass is 380 g/mol. The molecule has 0 heterocycles. The van der Waals surface area contributed by atoms with E-state index < -0.39 is 11.7 Å². The lowest BCUT2D eigenvalue weighted by molar-refractivity contribution is 0.0505. The maximum absolute atomic E-state index is 12.2. The van der Waals surface area contributed by atoms with Crippen LogP contribution in [0.2, 0.25) is 0 Å². The average molecular weight is 381 g/mol. The highest BCUT2D eigenvalue weighted by Crippen LogP contribution is 2.15. The number of hydrogen-bond donors (Lipinski definition) is 3. The van der Waals surface area contributed by atoms with Crippen LogP contribution < -0.4 is 16.0 Å². The zero-order valence-electron chi connectivity index (χ0n) is 16.5. The molecule has 0 spiro atoms. The summed E-state index contributed by atoms with van der Waals surface area (Å²) in [4.78, 5) is 16.8. The van der Waals surface area contributed by atoms with Crippen molar-refractivity contribution < 1.29 is 9.53 Å². The molecule has 0 fully saturated rings. The van der Waals surface area contributed by atoms with Crippen molar-refractivity contribution in [3.05, 3.63) is 35.9 Å². The Kier molecular flexibility index (Phi) is 9.95. The smallest absolute Gasteiger partial charge is 0.408 e. The molecule has 0 saturated heterocycles. The Morgan fingerprint density at radius 3 is 2.50 bits per heavy atom. The fourth-order valence-corrected chi connectivity index (χ4v) is 2.47. The number of nitrogens with zero attached hydrogens (tertiary/aromatic N) is 1. The van der Waals surface area contributed by atoms with Gasteiger partial charge >= 0.3 is 6.09 Å². The lowest BCUT2D eigenvalue weighted by Gasteiger charge is -2.23. The number of guanidine groups is 1. The Hall–Kier alpha value is -1.89. The molecule has 26 heavy (non-hydrogen) atoms. The van der Waals surface area contributed by atoms with Gasteiger partial charge in [-0.3, -0.25) is 4.99 Å². The van der Waals surface area contributed by atoms with Crippen molar-refractivity contribution in [2.75, 3.05) is 31.6 Å². The van der Waals surface area contributed by atoms with Crippen LogP contribution in [0.5, 0.6) is 0 Å². The molecular weight excluding hydrogens is 348 g/mol. The second-order valence-electron chi connectivity index (χ2n) is 6.75. The predicted molar refractivity (Wildman–Crippen MR) is 111 cm³/mol. The number of carbonyl (C=O) groups excluding carboxylic acids is 1. The lowest BCUT2D eigenvalue weighted by atomic mass is 10.1. The van der Waals surface area contributed by atoms with Crippen molar-refractivity contribution in [2.24, 2.45) is 4.99 Å². The molecule has 1 aromatic carbocycles. The summed E-state index contributed by atoms with van der Waals surface area (Å²) in [6, 6.07) is 9.54. The topological polar surface area (TPSA) is 74.8 Å². The fourth-order valence-electron chi connectivity index (χ4n) is 2.17. The van der Waals surface area contributed by atoms with E-state index in [1.165, 1.54) is 0 Å². The Morgan fingerprint density at radius 2 is 1.92 bits per heavy atom. The molecule has 0 aliphatic heterocycles. The minimum Gasteiger partial charge on any atom is -0.444 e. The Labute approximate surface area is 161 Å². The third-order valence-corrected chi connectivity index (χ3v) is 3.88. The number of nitrogens with one attached hydrogen (secondary N) is 3. The SMILES string of the molecule is CCNC(=NCC(NC(=O)OC(C)(C)C)c1ccccc1)NCCSC. The first-order valence-electron chi connectivity index (χ1n) is 8.91. The predicted octanol–water partition coefficient (Wildman–Crippen LogP) is 3.17. The molecule has 0 bridgehead atoms. The number of hydrogen-bond acceptors (Lipinski definition) is 4. The molecule has 3 N–H and O–H groups in total. The van der Waals surface area contributed by atoms with Gasteiger partial charge in [0.15, 0.2) is 5.96 Å². The zero-order chi connectivity index (χ0) is 19.4. The Morgan fingerprint density at radius 1 is 1.23 bits per heavy atom. The van der Waals surface area contributed by atoms with Crippen molar-refractivity contribution in [2.45, 2.75) is 39.3 Å². The molecule has 1 amide bonds. The van der Waals surface area contributed by atoms with Gasteiger partial charge in [-0.2, -0.15) is 11.8 Å². The van der Waals surface area contributed by atoms with Crippen molar-refractivity contribution in [1.82, 2.24) is 16.0 Å². The molecule has 0 aromatic heterocycles. The number of aliphatic imine (C=N–C) groups is 1. The van der Waals surface area contributed by atoms with Gasteiger partial charge in [0, 0.05) is 18.8 Å². The van der Waals surface area contributed by atoms with E-state index in [1.807, 2.05) is 58.0 Å². The molecule has 0 radical (unpaired) electrons. The second kappa shape index (κ2) is 11.7. The van der Waals surface area contributed by atoms with Crippen LogP contribution in [0.4, 0.5) is 4.79 Å². The number of thioether (sulfide) groups is 1. The molecule has 1 rings (SSSR count). The summed E-state index contributed by atoms with van der Waals surface area (Å²) in [6.07, 6.45) is 1.63. The Bertz CT molecular complexity index is 558. The summed E-state index contributed by atoms with van der Waals surface area (Å²) in [5.74, 6) is 1.75. The standard InChI is InChI=1S/C19H32N4O2S/c1-6-20-17(21-12-13-26-5)22-14-16(15-10-8-7-9-11-15)23-18(24)25-19(2,3)4/h7-11,16H,6,12-14H2,1-5H3,(H,23,24)(H2,20,21,22). The van der Waals surface area contributed by atoms with Crippen LogP contribution in [-0.4, -0.2) is 49.3 Å². The summed E-state index contributed by atoms with van der Waals surface area (Å²) >= 11 is 1.78. The van der Waals surface area contributed by atoms with Crippen molar-refractivity contribution in [3.63, 3.8) is 0 Å². The first-order chi connectivity index (χ1) is 12.4. The number of carbonyl (C=O) groups is 1. The lowest BCUT2D eigenvalue weighted by Crippen LogP contribution is -2.40. The minimum absolute atomic E-state index is 0.262. The van der Waals surface area contributed by atoms with Gasteiger partial charge in [0.2, 0.25) is 0 Å². The van der Waals surface area contributed by atoms with Gasteiger partial charge in [0.05, 0.1) is 12.6 Å². The fraction of sp³-hybridized carbons (Fsp3) is 0.579. The third-order valence-electron chi connectivity index (χ3n) is 3.27. The van der Waals surface area contributed by atoms with Gasteiger partial charge in [-0.15, -0.1) is 0 Å². The first kappa shape index (κ1) is 22.2. The molecule has 6 nitrogen and oxygen atoms in total. The molecular formula is C19H32N4O2S. The summed E-state index contributed by atoms with van der Waals surface area (Å²) in [7, 11) is 0. The maximum atomic E-state index is 12.2. The summed E-state index contributed by atoms with van der Waals surface area (Å²) < 4.78 is 5.39. The van der Waals surface area contributed by atoms with Gasteiger partial charge in [-0.1, -0.05) is 30.3 Å². The maximum Gasteiger partial charge on any atom is 0.408 e. The zero-order valence-corrected chi connectivity index (χ0v) is 17.3. The molecule has 146 valence electrons. The van der Waals surface area contributed by atoms with E-state index in [4.69, 9.17) is 4.74 Å². The van der Waals surface area contributed by atoms with E-state index in [2.05, 4.69) is 27.2 Å². The van der Waals surface area contributed by atoms with Crippen LogP contribution >= 0.6 is 11.8 Å². The highest BCUT2D eigenvalue weighted by Gasteiger charge is 2.20. The second-order valence-corrected chi connectivity index (χ2v) is 7.73. The third kappa shape index (κ3) is 9.56. The molecule has 0 aliphatic carbocycles. The average Bonchev–Trinajstić information content (AvgIpc) is 2.57. The van der Waals surface area contributed by atoms with Crippen LogP contribution in [0.15, 0.2) is 35.3 Å². The van der Waals surface area contributed by atoms with Crippen LogP contribution in [0, 0.1) is 0 Å². The number of alkyl carbamates (subject to hydrolysis) is 1. The number of benzene rings is 1. The molecule has 1 unspecified atom stereocenters. The van der Waals surface area contributed by atoms with E-state index >= 15 is 0 Å². The van der Waals surface area contributed by atoms with E-state index in [9.17, 15) is 4.79 Å². The van der Waals surface area contributed by atoms with Gasteiger partial charge in [-0.05, 0) is 39.5 Å². The minimum atomic E-state index is -0.539.